The molecule has 102 valence electrons. The predicted octanol–water partition coefficient (Wildman–Crippen LogP) is 1.50. The maximum atomic E-state index is 12.4. The van der Waals surface area contributed by atoms with Crippen molar-refractivity contribution in [2.75, 3.05) is 13.2 Å². The summed E-state index contributed by atoms with van der Waals surface area (Å²) in [4.78, 5) is 24.5. The number of nitro benzene ring substituents is 1. The quantitative estimate of drug-likeness (QED) is 0.662. The summed E-state index contributed by atoms with van der Waals surface area (Å²) in [5.41, 5.74) is 0.428. The van der Waals surface area contributed by atoms with Crippen LogP contribution in [-0.4, -0.2) is 40.0 Å². The molecule has 1 aromatic rings. The van der Waals surface area contributed by atoms with Crippen molar-refractivity contribution in [2.24, 2.45) is 0 Å². The molecule has 19 heavy (non-hydrogen) atoms. The van der Waals surface area contributed by atoms with Crippen molar-refractivity contribution < 1.29 is 14.8 Å². The monoisotopic (exact) mass is 264 g/mol. The lowest BCUT2D eigenvalue weighted by molar-refractivity contribution is -0.385. The van der Waals surface area contributed by atoms with Crippen LogP contribution in [-0.2, 0) is 0 Å². The first kappa shape index (κ1) is 13.5. The zero-order valence-corrected chi connectivity index (χ0v) is 10.7. The third kappa shape index (κ3) is 2.44. The van der Waals surface area contributed by atoms with Gasteiger partial charge in [-0.1, -0.05) is 12.1 Å². The van der Waals surface area contributed by atoms with Crippen LogP contribution in [0, 0.1) is 17.0 Å². The number of nitro groups is 1. The Morgan fingerprint density at radius 2 is 2.32 bits per heavy atom. The number of carbonyl (C=O) groups excluding carboxylic acids is 1. The van der Waals surface area contributed by atoms with Crippen LogP contribution in [0.1, 0.15) is 28.8 Å². The number of hydrogen-bond donors (Lipinski definition) is 1. The van der Waals surface area contributed by atoms with E-state index in [-0.39, 0.29) is 29.8 Å². The summed E-state index contributed by atoms with van der Waals surface area (Å²) in [6.45, 7) is 2.04. The molecule has 0 bridgehead atoms. The van der Waals surface area contributed by atoms with E-state index in [9.17, 15) is 20.0 Å². The molecule has 0 aromatic heterocycles. The molecule has 1 fully saturated rings. The Hall–Kier alpha value is -1.95. The number of rotatable bonds is 3. The van der Waals surface area contributed by atoms with Gasteiger partial charge in [-0.15, -0.1) is 0 Å². The van der Waals surface area contributed by atoms with Crippen molar-refractivity contribution in [3.8, 4) is 0 Å². The van der Waals surface area contributed by atoms with Crippen LogP contribution in [0.3, 0.4) is 0 Å². The van der Waals surface area contributed by atoms with Crippen molar-refractivity contribution in [3.63, 3.8) is 0 Å². The van der Waals surface area contributed by atoms with E-state index in [2.05, 4.69) is 0 Å². The lowest BCUT2D eigenvalue weighted by atomic mass is 10.1. The van der Waals surface area contributed by atoms with Gasteiger partial charge in [0.25, 0.3) is 11.6 Å². The second-order valence-corrected chi connectivity index (χ2v) is 4.71. The fourth-order valence-corrected chi connectivity index (χ4v) is 2.52. The molecule has 0 radical (unpaired) electrons. The SMILES string of the molecule is Cc1cccc(C(=O)N2CCC[C@@H]2CO)c1[N+](=O)[O-]. The Bertz CT molecular complexity index is 515. The van der Waals surface area contributed by atoms with E-state index in [0.717, 1.165) is 12.8 Å². The maximum Gasteiger partial charge on any atom is 0.285 e. The molecular weight excluding hydrogens is 248 g/mol. The molecular formula is C13H16N2O4. The minimum atomic E-state index is -0.521. The zero-order valence-electron chi connectivity index (χ0n) is 10.7. The van der Waals surface area contributed by atoms with Gasteiger partial charge in [-0.2, -0.15) is 0 Å². The normalized spacial score (nSPS) is 18.6. The molecule has 0 aliphatic carbocycles. The number of nitrogens with zero attached hydrogens (tertiary/aromatic N) is 2. The number of likely N-dealkylation sites (tertiary alicyclic amines) is 1. The Morgan fingerprint density at radius 1 is 1.58 bits per heavy atom. The highest BCUT2D eigenvalue weighted by Crippen LogP contribution is 2.27. The number of amides is 1. The van der Waals surface area contributed by atoms with Gasteiger partial charge in [0.15, 0.2) is 0 Å². The summed E-state index contributed by atoms with van der Waals surface area (Å²) in [5.74, 6) is -0.369. The first-order chi connectivity index (χ1) is 9.06. The van der Waals surface area contributed by atoms with Crippen molar-refractivity contribution >= 4 is 11.6 Å². The molecule has 1 aromatic carbocycles. The van der Waals surface area contributed by atoms with Gasteiger partial charge in [0.1, 0.15) is 5.56 Å². The average molecular weight is 264 g/mol. The van der Waals surface area contributed by atoms with E-state index in [1.165, 1.54) is 11.0 Å². The number of para-hydroxylation sites is 1. The number of carbonyl (C=O) groups is 1. The summed E-state index contributed by atoms with van der Waals surface area (Å²) in [6.07, 6.45) is 1.55. The number of aryl methyl sites for hydroxylation is 1. The van der Waals surface area contributed by atoms with E-state index in [0.29, 0.717) is 12.1 Å². The molecule has 6 heteroatoms. The van der Waals surface area contributed by atoms with Gasteiger partial charge in [0, 0.05) is 12.1 Å². The van der Waals surface area contributed by atoms with Crippen LogP contribution in [0.4, 0.5) is 5.69 Å². The molecule has 1 saturated heterocycles. The largest absolute Gasteiger partial charge is 0.394 e. The molecule has 0 spiro atoms. The van der Waals surface area contributed by atoms with Gasteiger partial charge in [-0.3, -0.25) is 14.9 Å². The fraction of sp³-hybridized carbons (Fsp3) is 0.462. The third-order valence-corrected chi connectivity index (χ3v) is 3.50. The molecule has 2 rings (SSSR count). The molecule has 1 aliphatic heterocycles. The minimum Gasteiger partial charge on any atom is -0.394 e. The Kier molecular flexibility index (Phi) is 3.80. The van der Waals surface area contributed by atoms with Crippen molar-refractivity contribution in [2.45, 2.75) is 25.8 Å². The summed E-state index contributed by atoms with van der Waals surface area (Å²) in [5, 5.41) is 20.3. The second kappa shape index (κ2) is 5.36. The van der Waals surface area contributed by atoms with E-state index < -0.39 is 4.92 Å². The molecule has 1 atom stereocenters. The van der Waals surface area contributed by atoms with Crippen LogP contribution in [0.15, 0.2) is 18.2 Å². The average Bonchev–Trinajstić information content (AvgIpc) is 2.85. The van der Waals surface area contributed by atoms with Gasteiger partial charge >= 0.3 is 0 Å². The molecule has 0 saturated carbocycles. The van der Waals surface area contributed by atoms with E-state index in [1.807, 2.05) is 0 Å². The number of aliphatic hydroxyl groups is 1. The standard InChI is InChI=1S/C13H16N2O4/c1-9-4-2-6-11(12(9)15(18)19)13(17)14-7-3-5-10(14)8-16/h2,4,6,10,16H,3,5,7-8H2,1H3/t10-/m1/s1. The topological polar surface area (TPSA) is 83.7 Å². The second-order valence-electron chi connectivity index (χ2n) is 4.71. The Labute approximate surface area is 110 Å². The molecule has 6 nitrogen and oxygen atoms in total. The molecule has 1 aliphatic rings. The van der Waals surface area contributed by atoms with Crippen molar-refractivity contribution in [1.82, 2.24) is 4.90 Å². The van der Waals surface area contributed by atoms with Gasteiger partial charge < -0.3 is 10.0 Å². The Balaban J connectivity index is 2.39. The van der Waals surface area contributed by atoms with Gasteiger partial charge in [-0.25, -0.2) is 0 Å². The van der Waals surface area contributed by atoms with E-state index in [4.69, 9.17) is 0 Å². The van der Waals surface area contributed by atoms with Gasteiger partial charge in [0.05, 0.1) is 17.6 Å². The highest BCUT2D eigenvalue weighted by atomic mass is 16.6. The van der Waals surface area contributed by atoms with Crippen LogP contribution in [0.2, 0.25) is 0 Å². The molecule has 1 heterocycles. The lowest BCUT2D eigenvalue weighted by Gasteiger charge is -2.23. The van der Waals surface area contributed by atoms with Crippen LogP contribution in [0.5, 0.6) is 0 Å². The van der Waals surface area contributed by atoms with Crippen LogP contribution in [0.25, 0.3) is 0 Å². The third-order valence-electron chi connectivity index (χ3n) is 3.50. The predicted molar refractivity (Wildman–Crippen MR) is 69.0 cm³/mol. The number of hydrogen-bond acceptors (Lipinski definition) is 4. The molecule has 1 amide bonds. The lowest BCUT2D eigenvalue weighted by Crippen LogP contribution is -2.37. The van der Waals surface area contributed by atoms with Gasteiger partial charge in [-0.05, 0) is 25.8 Å². The van der Waals surface area contributed by atoms with Crippen molar-refractivity contribution in [1.29, 1.82) is 0 Å². The summed E-state index contributed by atoms with van der Waals surface area (Å²) in [6, 6.07) is 4.50. The number of aliphatic hydroxyl groups excluding tert-OH is 1. The molecule has 1 N–H and O–H groups in total. The first-order valence-corrected chi connectivity index (χ1v) is 6.22. The van der Waals surface area contributed by atoms with Crippen molar-refractivity contribution in [3.05, 3.63) is 39.4 Å². The summed E-state index contributed by atoms with van der Waals surface area (Å²) < 4.78 is 0. The zero-order chi connectivity index (χ0) is 14.0. The first-order valence-electron chi connectivity index (χ1n) is 6.22. The highest BCUT2D eigenvalue weighted by molar-refractivity contribution is 5.99. The summed E-state index contributed by atoms with van der Waals surface area (Å²) >= 11 is 0. The van der Waals surface area contributed by atoms with Crippen LogP contribution >= 0.6 is 0 Å². The Morgan fingerprint density at radius 3 is 2.95 bits per heavy atom. The highest BCUT2D eigenvalue weighted by Gasteiger charge is 2.32. The van der Waals surface area contributed by atoms with E-state index in [1.54, 1.807) is 19.1 Å². The summed E-state index contributed by atoms with van der Waals surface area (Å²) in [7, 11) is 0. The van der Waals surface area contributed by atoms with Crippen LogP contribution < -0.4 is 0 Å². The smallest absolute Gasteiger partial charge is 0.285 e. The van der Waals surface area contributed by atoms with E-state index >= 15 is 0 Å². The molecule has 0 unspecified atom stereocenters. The fourth-order valence-electron chi connectivity index (χ4n) is 2.52. The number of benzene rings is 1. The van der Waals surface area contributed by atoms with Gasteiger partial charge in [0.2, 0.25) is 0 Å². The minimum absolute atomic E-state index is 0.102. The maximum absolute atomic E-state index is 12.4.